The maximum Gasteiger partial charge on any atom is 0.260 e. The molecule has 0 radical (unpaired) electrons. The summed E-state index contributed by atoms with van der Waals surface area (Å²) in [5.74, 6) is 0.738. The van der Waals surface area contributed by atoms with Crippen molar-refractivity contribution in [2.45, 2.75) is 6.42 Å². The number of nitriles is 1. The highest BCUT2D eigenvalue weighted by atomic mass is 16.5. The normalized spacial score (nSPS) is 15.7. The molecule has 0 spiro atoms. The van der Waals surface area contributed by atoms with Crippen molar-refractivity contribution in [3.63, 3.8) is 0 Å². The first-order chi connectivity index (χ1) is 9.79. The van der Waals surface area contributed by atoms with E-state index in [2.05, 4.69) is 11.0 Å². The molecule has 0 bridgehead atoms. The van der Waals surface area contributed by atoms with Crippen LogP contribution in [0.15, 0.2) is 30.3 Å². The Balaban J connectivity index is 1.71. The molecule has 1 aliphatic heterocycles. The summed E-state index contributed by atoms with van der Waals surface area (Å²) in [7, 11) is 0. The van der Waals surface area contributed by atoms with E-state index in [9.17, 15) is 4.79 Å². The van der Waals surface area contributed by atoms with E-state index in [0.717, 1.165) is 19.6 Å². The van der Waals surface area contributed by atoms with Crippen LogP contribution < -0.4 is 4.74 Å². The van der Waals surface area contributed by atoms with Crippen LogP contribution in [-0.2, 0) is 4.79 Å². The predicted octanol–water partition coefficient (Wildman–Crippen LogP) is 1.12. The number of benzene rings is 1. The molecule has 106 valence electrons. The van der Waals surface area contributed by atoms with E-state index in [4.69, 9.17) is 10.00 Å². The van der Waals surface area contributed by atoms with Gasteiger partial charge in [0.25, 0.3) is 5.91 Å². The van der Waals surface area contributed by atoms with Crippen molar-refractivity contribution < 1.29 is 9.53 Å². The highest BCUT2D eigenvalue weighted by Crippen LogP contribution is 2.09. The van der Waals surface area contributed by atoms with Crippen molar-refractivity contribution in [3.8, 4) is 11.8 Å². The minimum absolute atomic E-state index is 0.0220. The molecule has 20 heavy (non-hydrogen) atoms. The molecule has 5 heteroatoms. The van der Waals surface area contributed by atoms with Crippen LogP contribution in [0.25, 0.3) is 0 Å². The van der Waals surface area contributed by atoms with Crippen LogP contribution >= 0.6 is 0 Å². The van der Waals surface area contributed by atoms with E-state index >= 15 is 0 Å². The molecule has 1 saturated heterocycles. The van der Waals surface area contributed by atoms with Gasteiger partial charge >= 0.3 is 0 Å². The molecule has 1 aromatic carbocycles. The Kier molecular flexibility index (Phi) is 5.39. The predicted molar refractivity (Wildman–Crippen MR) is 75.2 cm³/mol. The van der Waals surface area contributed by atoms with E-state index in [0.29, 0.717) is 25.3 Å². The molecule has 1 amide bonds. The summed E-state index contributed by atoms with van der Waals surface area (Å²) in [6.45, 7) is 3.96. The number of rotatable bonds is 5. The van der Waals surface area contributed by atoms with Gasteiger partial charge in [-0.2, -0.15) is 5.26 Å². The van der Waals surface area contributed by atoms with Gasteiger partial charge < -0.3 is 9.64 Å². The van der Waals surface area contributed by atoms with Gasteiger partial charge in [0.1, 0.15) is 5.75 Å². The number of carbonyl (C=O) groups excluding carboxylic acids is 1. The lowest BCUT2D eigenvalue weighted by molar-refractivity contribution is -0.135. The minimum atomic E-state index is 0.0220. The first kappa shape index (κ1) is 14.4. The number of para-hydroxylation sites is 1. The second kappa shape index (κ2) is 7.51. The van der Waals surface area contributed by atoms with Gasteiger partial charge in [0, 0.05) is 39.1 Å². The number of hydrogen-bond donors (Lipinski definition) is 0. The van der Waals surface area contributed by atoms with Gasteiger partial charge in [0.05, 0.1) is 6.07 Å². The highest BCUT2D eigenvalue weighted by molar-refractivity contribution is 5.77. The Morgan fingerprint density at radius 2 is 1.90 bits per heavy atom. The molecule has 5 nitrogen and oxygen atoms in total. The number of hydrogen-bond acceptors (Lipinski definition) is 4. The lowest BCUT2D eigenvalue weighted by atomic mass is 10.3. The van der Waals surface area contributed by atoms with Gasteiger partial charge in [-0.1, -0.05) is 18.2 Å². The smallest absolute Gasteiger partial charge is 0.260 e. The molecular weight excluding hydrogens is 254 g/mol. The summed E-state index contributed by atoms with van der Waals surface area (Å²) >= 11 is 0. The number of nitrogens with zero attached hydrogens (tertiary/aromatic N) is 3. The first-order valence-electron chi connectivity index (χ1n) is 6.84. The molecule has 1 heterocycles. The van der Waals surface area contributed by atoms with Crippen LogP contribution in [-0.4, -0.2) is 55.0 Å². The van der Waals surface area contributed by atoms with E-state index in [1.54, 1.807) is 0 Å². The van der Waals surface area contributed by atoms with E-state index in [-0.39, 0.29) is 12.5 Å². The molecule has 1 aliphatic rings. The number of amides is 1. The van der Waals surface area contributed by atoms with Gasteiger partial charge in [-0.15, -0.1) is 0 Å². The van der Waals surface area contributed by atoms with E-state index in [1.807, 2.05) is 35.2 Å². The van der Waals surface area contributed by atoms with Crippen molar-refractivity contribution in [2.75, 3.05) is 39.3 Å². The monoisotopic (exact) mass is 273 g/mol. The fraction of sp³-hybridized carbons (Fsp3) is 0.467. The molecular formula is C15H19N3O2. The fourth-order valence-electron chi connectivity index (χ4n) is 2.18. The highest BCUT2D eigenvalue weighted by Gasteiger charge is 2.20. The molecule has 0 aliphatic carbocycles. The second-order valence-corrected chi connectivity index (χ2v) is 4.73. The topological polar surface area (TPSA) is 56.6 Å². The van der Waals surface area contributed by atoms with Crippen molar-refractivity contribution in [3.05, 3.63) is 30.3 Å². The lowest BCUT2D eigenvalue weighted by Crippen LogP contribution is -2.50. The Morgan fingerprint density at radius 3 is 2.55 bits per heavy atom. The average Bonchev–Trinajstić information content (AvgIpc) is 2.52. The van der Waals surface area contributed by atoms with Crippen molar-refractivity contribution in [2.24, 2.45) is 0 Å². The summed E-state index contributed by atoms with van der Waals surface area (Å²) in [4.78, 5) is 16.1. The number of carbonyl (C=O) groups is 1. The summed E-state index contributed by atoms with van der Waals surface area (Å²) in [5.41, 5.74) is 0. The van der Waals surface area contributed by atoms with Gasteiger partial charge in [-0.3, -0.25) is 9.69 Å². The van der Waals surface area contributed by atoms with E-state index in [1.165, 1.54) is 0 Å². The molecule has 1 aromatic rings. The molecule has 2 rings (SSSR count). The Hall–Kier alpha value is -2.06. The van der Waals surface area contributed by atoms with E-state index < -0.39 is 0 Å². The molecule has 0 aromatic heterocycles. The summed E-state index contributed by atoms with van der Waals surface area (Å²) in [6, 6.07) is 11.5. The third kappa shape index (κ3) is 4.25. The lowest BCUT2D eigenvalue weighted by Gasteiger charge is -2.34. The third-order valence-electron chi connectivity index (χ3n) is 3.37. The molecule has 1 fully saturated rings. The first-order valence-corrected chi connectivity index (χ1v) is 6.84. The van der Waals surface area contributed by atoms with Crippen LogP contribution in [0.4, 0.5) is 0 Å². The van der Waals surface area contributed by atoms with Gasteiger partial charge in [0.2, 0.25) is 0 Å². The SMILES string of the molecule is N#CCCN1CCN(C(=O)COc2ccccc2)CC1. The molecule has 0 unspecified atom stereocenters. The fourth-order valence-corrected chi connectivity index (χ4v) is 2.18. The zero-order valence-electron chi connectivity index (χ0n) is 11.5. The summed E-state index contributed by atoms with van der Waals surface area (Å²) in [6.07, 6.45) is 0.547. The number of piperazine rings is 1. The van der Waals surface area contributed by atoms with Gasteiger partial charge in [0.15, 0.2) is 6.61 Å². The minimum Gasteiger partial charge on any atom is -0.484 e. The summed E-state index contributed by atoms with van der Waals surface area (Å²) < 4.78 is 5.46. The molecule has 0 N–H and O–H groups in total. The molecule has 0 saturated carbocycles. The average molecular weight is 273 g/mol. The van der Waals surface area contributed by atoms with Crippen LogP contribution in [0.1, 0.15) is 6.42 Å². The van der Waals surface area contributed by atoms with Crippen LogP contribution in [0, 0.1) is 11.3 Å². The zero-order valence-corrected chi connectivity index (χ0v) is 11.5. The third-order valence-corrected chi connectivity index (χ3v) is 3.37. The zero-order chi connectivity index (χ0) is 14.2. The quantitative estimate of drug-likeness (QED) is 0.807. The second-order valence-electron chi connectivity index (χ2n) is 4.73. The standard InChI is InChI=1S/C15H19N3O2/c16-7-4-8-17-9-11-18(12-10-17)15(19)13-20-14-5-2-1-3-6-14/h1-3,5-6H,4,8-13H2. The summed E-state index contributed by atoms with van der Waals surface area (Å²) in [5, 5.41) is 8.56. The maximum atomic E-state index is 12.0. The van der Waals surface area contributed by atoms with Crippen LogP contribution in [0.2, 0.25) is 0 Å². The number of ether oxygens (including phenoxy) is 1. The van der Waals surface area contributed by atoms with Crippen molar-refractivity contribution >= 4 is 5.91 Å². The molecule has 0 atom stereocenters. The Morgan fingerprint density at radius 1 is 1.20 bits per heavy atom. The van der Waals surface area contributed by atoms with Crippen molar-refractivity contribution in [1.82, 2.24) is 9.80 Å². The maximum absolute atomic E-state index is 12.0. The Bertz CT molecular complexity index is 462. The van der Waals surface area contributed by atoms with Crippen molar-refractivity contribution in [1.29, 1.82) is 5.26 Å². The van der Waals surface area contributed by atoms with Gasteiger partial charge in [-0.05, 0) is 12.1 Å². The largest absolute Gasteiger partial charge is 0.484 e. The van der Waals surface area contributed by atoms with Crippen LogP contribution in [0.5, 0.6) is 5.75 Å². The Labute approximate surface area is 119 Å². The van der Waals surface area contributed by atoms with Gasteiger partial charge in [-0.25, -0.2) is 0 Å². The van der Waals surface area contributed by atoms with Crippen LogP contribution in [0.3, 0.4) is 0 Å².